The van der Waals surface area contributed by atoms with Gasteiger partial charge in [-0.05, 0) is 48.9 Å². The van der Waals surface area contributed by atoms with Crippen molar-refractivity contribution in [3.05, 3.63) is 60.7 Å². The molecule has 130 valence electrons. The Kier molecular flexibility index (Phi) is 3.96. The first-order chi connectivity index (χ1) is 12.6. The van der Waals surface area contributed by atoms with Gasteiger partial charge in [0.15, 0.2) is 5.82 Å². The second-order valence-corrected chi connectivity index (χ2v) is 6.32. The van der Waals surface area contributed by atoms with E-state index >= 15 is 0 Å². The third-order valence-electron chi connectivity index (χ3n) is 4.18. The van der Waals surface area contributed by atoms with Crippen LogP contribution in [-0.2, 0) is 0 Å². The Morgan fingerprint density at radius 2 is 2.00 bits per heavy atom. The van der Waals surface area contributed by atoms with E-state index in [0.717, 1.165) is 10.8 Å². The summed E-state index contributed by atoms with van der Waals surface area (Å²) in [6, 6.07) is 11.2. The minimum Gasteiger partial charge on any atom is -0.366 e. The molecule has 0 spiro atoms. The van der Waals surface area contributed by atoms with Crippen LogP contribution in [0.3, 0.4) is 0 Å². The van der Waals surface area contributed by atoms with Crippen LogP contribution in [0, 0.1) is 0 Å². The number of benzene rings is 1. The van der Waals surface area contributed by atoms with Crippen LogP contribution in [-0.4, -0.2) is 30.6 Å². The van der Waals surface area contributed by atoms with Crippen LogP contribution < -0.4 is 5.32 Å². The van der Waals surface area contributed by atoms with E-state index in [1.165, 1.54) is 0 Å². The Labute approximate surface area is 150 Å². The molecule has 2 N–H and O–H groups in total. The third kappa shape index (κ3) is 2.95. The van der Waals surface area contributed by atoms with E-state index in [9.17, 15) is 4.79 Å². The van der Waals surface area contributed by atoms with Crippen molar-refractivity contribution in [1.29, 1.82) is 0 Å². The molecule has 26 heavy (non-hydrogen) atoms. The van der Waals surface area contributed by atoms with Crippen LogP contribution in [0.4, 0.5) is 5.82 Å². The highest BCUT2D eigenvalue weighted by molar-refractivity contribution is 6.06. The highest BCUT2D eigenvalue weighted by Gasteiger charge is 2.13. The normalized spacial score (nSPS) is 11.2. The summed E-state index contributed by atoms with van der Waals surface area (Å²) in [5, 5.41) is 13.0. The number of nitrogens with one attached hydrogen (secondary N) is 2. The predicted octanol–water partition coefficient (Wildman–Crippen LogP) is 3.65. The van der Waals surface area contributed by atoms with Crippen LogP contribution in [0.5, 0.6) is 0 Å². The number of carbonyl (C=O) groups excluding carboxylic acids is 1. The van der Waals surface area contributed by atoms with Crippen molar-refractivity contribution in [2.45, 2.75) is 19.9 Å². The van der Waals surface area contributed by atoms with Gasteiger partial charge in [-0.2, -0.15) is 0 Å². The molecular weight excluding hydrogens is 328 g/mol. The zero-order valence-electron chi connectivity index (χ0n) is 14.5. The summed E-state index contributed by atoms with van der Waals surface area (Å²) in [7, 11) is 0. The highest BCUT2D eigenvalue weighted by atomic mass is 16.1. The lowest BCUT2D eigenvalue weighted by molar-refractivity contribution is 0.102. The second-order valence-electron chi connectivity index (χ2n) is 6.32. The smallest absolute Gasteiger partial charge is 0.256 e. The predicted molar refractivity (Wildman–Crippen MR) is 99.9 cm³/mol. The Bertz CT molecular complexity index is 1080. The quantitative estimate of drug-likeness (QED) is 0.590. The lowest BCUT2D eigenvalue weighted by Crippen LogP contribution is -2.13. The molecule has 0 aliphatic carbocycles. The molecule has 3 heterocycles. The molecule has 0 fully saturated rings. The highest BCUT2D eigenvalue weighted by Crippen LogP contribution is 2.20. The average Bonchev–Trinajstić information content (AvgIpc) is 3.30. The SMILES string of the molecule is CC(C)n1cnnc1-c1cccc(NC(=O)c2ccc3c[nH]cc3c2)n1. The maximum Gasteiger partial charge on any atom is 0.256 e. The Hall–Kier alpha value is -3.48. The number of aromatic nitrogens is 5. The number of amides is 1. The molecule has 7 heteroatoms. The van der Waals surface area contributed by atoms with E-state index in [1.807, 2.05) is 41.2 Å². The average molecular weight is 346 g/mol. The van der Waals surface area contributed by atoms with Crippen molar-refractivity contribution in [2.24, 2.45) is 0 Å². The number of H-pyrrole nitrogens is 1. The summed E-state index contributed by atoms with van der Waals surface area (Å²) in [5.41, 5.74) is 1.24. The molecule has 0 saturated heterocycles. The Balaban J connectivity index is 1.60. The fraction of sp³-hybridized carbons (Fsp3) is 0.158. The number of pyridine rings is 1. The van der Waals surface area contributed by atoms with Crippen LogP contribution in [0.25, 0.3) is 22.3 Å². The summed E-state index contributed by atoms with van der Waals surface area (Å²) in [5.74, 6) is 0.938. The molecule has 0 aliphatic heterocycles. The van der Waals surface area contributed by atoms with Crippen molar-refractivity contribution in [2.75, 3.05) is 5.32 Å². The van der Waals surface area contributed by atoms with Crippen molar-refractivity contribution < 1.29 is 4.79 Å². The van der Waals surface area contributed by atoms with Crippen molar-refractivity contribution in [3.8, 4) is 11.5 Å². The van der Waals surface area contributed by atoms with Crippen LogP contribution in [0.15, 0.2) is 55.1 Å². The van der Waals surface area contributed by atoms with Gasteiger partial charge >= 0.3 is 0 Å². The first kappa shape index (κ1) is 16.0. The van der Waals surface area contributed by atoms with Crippen LogP contribution >= 0.6 is 0 Å². The molecule has 1 aromatic carbocycles. The zero-order chi connectivity index (χ0) is 18.1. The standard InChI is InChI=1S/C19H18N6O/c1-12(2)25-11-21-24-18(25)16-4-3-5-17(22-16)23-19(26)13-6-7-14-9-20-10-15(14)8-13/h3-12,20H,1-2H3,(H,22,23,26). The lowest BCUT2D eigenvalue weighted by Gasteiger charge is -2.10. The van der Waals surface area contributed by atoms with Gasteiger partial charge in [-0.15, -0.1) is 10.2 Å². The Morgan fingerprint density at radius 1 is 1.15 bits per heavy atom. The molecule has 0 bridgehead atoms. The van der Waals surface area contributed by atoms with Crippen molar-refractivity contribution >= 4 is 22.5 Å². The number of hydrogen-bond acceptors (Lipinski definition) is 4. The first-order valence-corrected chi connectivity index (χ1v) is 8.36. The molecule has 4 aromatic rings. The zero-order valence-corrected chi connectivity index (χ0v) is 14.5. The van der Waals surface area contributed by atoms with E-state index in [1.54, 1.807) is 18.5 Å². The fourth-order valence-corrected chi connectivity index (χ4v) is 2.81. The Morgan fingerprint density at radius 3 is 2.85 bits per heavy atom. The van der Waals surface area contributed by atoms with Crippen molar-refractivity contribution in [3.63, 3.8) is 0 Å². The van der Waals surface area contributed by atoms with Gasteiger partial charge in [0, 0.05) is 24.0 Å². The summed E-state index contributed by atoms with van der Waals surface area (Å²) in [6.07, 6.45) is 5.44. The van der Waals surface area contributed by atoms with E-state index in [4.69, 9.17) is 0 Å². The number of hydrogen-bond donors (Lipinski definition) is 2. The van der Waals surface area contributed by atoms with Crippen LogP contribution in [0.1, 0.15) is 30.2 Å². The lowest BCUT2D eigenvalue weighted by atomic mass is 10.1. The maximum absolute atomic E-state index is 12.6. The summed E-state index contributed by atoms with van der Waals surface area (Å²) in [4.78, 5) is 20.1. The van der Waals surface area contributed by atoms with Crippen LogP contribution in [0.2, 0.25) is 0 Å². The van der Waals surface area contributed by atoms with Gasteiger partial charge < -0.3 is 14.9 Å². The number of aromatic amines is 1. The van der Waals surface area contributed by atoms with Gasteiger partial charge in [0.1, 0.15) is 17.8 Å². The molecule has 0 saturated carbocycles. The molecule has 0 unspecified atom stereocenters. The largest absolute Gasteiger partial charge is 0.366 e. The molecule has 7 nitrogen and oxygen atoms in total. The third-order valence-corrected chi connectivity index (χ3v) is 4.18. The van der Waals surface area contributed by atoms with Gasteiger partial charge in [-0.1, -0.05) is 12.1 Å². The molecule has 4 rings (SSSR count). The number of nitrogens with zero attached hydrogens (tertiary/aromatic N) is 4. The van der Waals surface area contributed by atoms with Crippen molar-refractivity contribution in [1.82, 2.24) is 24.7 Å². The molecule has 0 aliphatic rings. The molecule has 0 atom stereocenters. The first-order valence-electron chi connectivity index (χ1n) is 8.36. The fourth-order valence-electron chi connectivity index (χ4n) is 2.81. The van der Waals surface area contributed by atoms with E-state index in [-0.39, 0.29) is 11.9 Å². The number of anilines is 1. The monoisotopic (exact) mass is 346 g/mol. The molecule has 3 aromatic heterocycles. The molecule has 0 radical (unpaired) electrons. The van der Waals surface area contributed by atoms with Gasteiger partial charge in [0.05, 0.1) is 0 Å². The minimum atomic E-state index is -0.205. The molecular formula is C19H18N6O. The van der Waals surface area contributed by atoms with E-state index in [2.05, 4.69) is 39.3 Å². The van der Waals surface area contributed by atoms with E-state index < -0.39 is 0 Å². The van der Waals surface area contributed by atoms with Gasteiger partial charge in [-0.3, -0.25) is 4.79 Å². The summed E-state index contributed by atoms with van der Waals surface area (Å²) >= 11 is 0. The topological polar surface area (TPSA) is 88.5 Å². The summed E-state index contributed by atoms with van der Waals surface area (Å²) in [6.45, 7) is 4.10. The maximum atomic E-state index is 12.6. The molecule has 1 amide bonds. The van der Waals surface area contributed by atoms with E-state index in [0.29, 0.717) is 22.9 Å². The second kappa shape index (κ2) is 6.44. The number of fused-ring (bicyclic) bond motifs is 1. The minimum absolute atomic E-state index is 0.205. The van der Waals surface area contributed by atoms with Gasteiger partial charge in [-0.25, -0.2) is 4.98 Å². The number of rotatable bonds is 4. The number of carbonyl (C=O) groups is 1. The van der Waals surface area contributed by atoms with Gasteiger partial charge in [0.2, 0.25) is 0 Å². The van der Waals surface area contributed by atoms with Gasteiger partial charge in [0.25, 0.3) is 5.91 Å². The summed E-state index contributed by atoms with van der Waals surface area (Å²) < 4.78 is 1.94.